The van der Waals surface area contributed by atoms with E-state index in [4.69, 9.17) is 14.7 Å². The van der Waals surface area contributed by atoms with Gasteiger partial charge >= 0.3 is 0 Å². The summed E-state index contributed by atoms with van der Waals surface area (Å²) in [6.45, 7) is 0.146. The van der Waals surface area contributed by atoms with E-state index in [2.05, 4.69) is 0 Å². The first-order valence-corrected chi connectivity index (χ1v) is 3.79. The van der Waals surface area contributed by atoms with Crippen molar-refractivity contribution in [3.63, 3.8) is 0 Å². The van der Waals surface area contributed by atoms with Crippen LogP contribution >= 0.6 is 0 Å². The van der Waals surface area contributed by atoms with Gasteiger partial charge in [0.1, 0.15) is 12.7 Å². The van der Waals surface area contributed by atoms with Crippen LogP contribution in [0.15, 0.2) is 18.2 Å². The largest absolute Gasteiger partial charge is 0.485 e. The molecule has 13 heavy (non-hydrogen) atoms. The highest BCUT2D eigenvalue weighted by Crippen LogP contribution is 2.33. The predicted octanol–water partition coefficient (Wildman–Crippen LogP) is 1.49. The van der Waals surface area contributed by atoms with Crippen LogP contribution in [0.3, 0.4) is 0 Å². The van der Waals surface area contributed by atoms with Gasteiger partial charge in [-0.1, -0.05) is 6.07 Å². The van der Waals surface area contributed by atoms with Gasteiger partial charge in [-0.25, -0.2) is 4.39 Å². The van der Waals surface area contributed by atoms with Gasteiger partial charge in [0.2, 0.25) is 6.10 Å². The third kappa shape index (κ3) is 1.29. The summed E-state index contributed by atoms with van der Waals surface area (Å²) >= 11 is 0. The zero-order chi connectivity index (χ0) is 9.26. The fourth-order valence-electron chi connectivity index (χ4n) is 1.12. The number of nitriles is 1. The van der Waals surface area contributed by atoms with Gasteiger partial charge in [-0.3, -0.25) is 0 Å². The Labute approximate surface area is 74.3 Å². The van der Waals surface area contributed by atoms with Crippen LogP contribution in [0.5, 0.6) is 11.5 Å². The van der Waals surface area contributed by atoms with Crippen molar-refractivity contribution in [2.24, 2.45) is 0 Å². The van der Waals surface area contributed by atoms with Crippen molar-refractivity contribution in [2.75, 3.05) is 6.61 Å². The van der Waals surface area contributed by atoms with E-state index < -0.39 is 11.9 Å². The molecular weight excluding hydrogens is 173 g/mol. The first kappa shape index (κ1) is 7.87. The lowest BCUT2D eigenvalue weighted by Crippen LogP contribution is -2.27. The van der Waals surface area contributed by atoms with Gasteiger partial charge in [-0.15, -0.1) is 0 Å². The molecule has 1 aliphatic heterocycles. The van der Waals surface area contributed by atoms with Gasteiger partial charge < -0.3 is 9.47 Å². The van der Waals surface area contributed by atoms with Crippen LogP contribution in [-0.4, -0.2) is 12.7 Å². The number of halogens is 1. The summed E-state index contributed by atoms with van der Waals surface area (Å²) in [6, 6.07) is 6.26. The maximum Gasteiger partial charge on any atom is 0.218 e. The fourth-order valence-corrected chi connectivity index (χ4v) is 1.12. The number of ether oxygens (including phenoxy) is 2. The smallest absolute Gasteiger partial charge is 0.218 e. The number of benzene rings is 1. The van der Waals surface area contributed by atoms with Crippen LogP contribution in [0.4, 0.5) is 4.39 Å². The molecule has 2 rings (SSSR count). The number of rotatable bonds is 0. The molecular formula is C9H6FNO2. The van der Waals surface area contributed by atoms with Gasteiger partial charge in [0.25, 0.3) is 0 Å². The summed E-state index contributed by atoms with van der Waals surface area (Å²) in [6.07, 6.45) is -0.718. The van der Waals surface area contributed by atoms with Gasteiger partial charge in [-0.05, 0) is 12.1 Å². The maximum absolute atomic E-state index is 13.1. The molecule has 0 saturated carbocycles. The number of nitrogens with zero attached hydrogens (tertiary/aromatic N) is 1. The molecule has 0 radical (unpaired) electrons. The summed E-state index contributed by atoms with van der Waals surface area (Å²) in [5.74, 6) is -0.121. The minimum Gasteiger partial charge on any atom is -0.485 e. The van der Waals surface area contributed by atoms with Crippen LogP contribution in [0, 0.1) is 17.1 Å². The lowest BCUT2D eigenvalue weighted by atomic mass is 10.2. The Kier molecular flexibility index (Phi) is 1.78. The molecule has 0 amide bonds. The monoisotopic (exact) mass is 179 g/mol. The van der Waals surface area contributed by atoms with Crippen molar-refractivity contribution in [1.29, 1.82) is 5.26 Å². The Balaban J connectivity index is 2.39. The van der Waals surface area contributed by atoms with Crippen LogP contribution in [0.25, 0.3) is 0 Å². The van der Waals surface area contributed by atoms with Crippen molar-refractivity contribution in [1.82, 2.24) is 0 Å². The molecule has 1 atom stereocenters. The summed E-state index contributed by atoms with van der Waals surface area (Å²) < 4.78 is 23.2. The number of hydrogen-bond acceptors (Lipinski definition) is 3. The normalized spacial score (nSPS) is 19.2. The predicted molar refractivity (Wildman–Crippen MR) is 41.9 cm³/mol. The highest BCUT2D eigenvalue weighted by molar-refractivity contribution is 5.42. The molecule has 1 unspecified atom stereocenters. The second-order valence-electron chi connectivity index (χ2n) is 2.61. The zero-order valence-corrected chi connectivity index (χ0v) is 6.66. The molecule has 4 heteroatoms. The van der Waals surface area contributed by atoms with E-state index in [-0.39, 0.29) is 12.4 Å². The Morgan fingerprint density at radius 3 is 3.15 bits per heavy atom. The minimum atomic E-state index is -0.718. The second-order valence-corrected chi connectivity index (χ2v) is 2.61. The molecule has 0 aliphatic carbocycles. The first-order chi connectivity index (χ1) is 6.31. The standard InChI is InChI=1S/C9H6FNO2/c10-7-2-1-3-8-9(7)13-6(4-11)5-12-8/h1-3,6H,5H2. The summed E-state index contributed by atoms with van der Waals surface area (Å²) in [4.78, 5) is 0. The Morgan fingerprint density at radius 2 is 2.38 bits per heavy atom. The van der Waals surface area contributed by atoms with E-state index in [1.165, 1.54) is 12.1 Å². The lowest BCUT2D eigenvalue weighted by molar-refractivity contribution is 0.121. The Hall–Kier alpha value is -1.76. The molecule has 0 spiro atoms. The van der Waals surface area contributed by atoms with Crippen molar-refractivity contribution in [3.05, 3.63) is 24.0 Å². The van der Waals surface area contributed by atoms with E-state index in [0.29, 0.717) is 5.75 Å². The van der Waals surface area contributed by atoms with Gasteiger partial charge in [0, 0.05) is 0 Å². The third-order valence-corrected chi connectivity index (χ3v) is 1.73. The van der Waals surface area contributed by atoms with E-state index >= 15 is 0 Å². The van der Waals surface area contributed by atoms with Crippen LogP contribution in [0.1, 0.15) is 0 Å². The van der Waals surface area contributed by atoms with E-state index in [1.807, 2.05) is 6.07 Å². The number of fused-ring (bicyclic) bond motifs is 1. The zero-order valence-electron chi connectivity index (χ0n) is 6.66. The minimum absolute atomic E-state index is 0.0281. The number of para-hydroxylation sites is 1. The molecule has 1 aromatic carbocycles. The topological polar surface area (TPSA) is 42.2 Å². The summed E-state index contributed by atoms with van der Waals surface area (Å²) in [5.41, 5.74) is 0. The van der Waals surface area contributed by atoms with Crippen LogP contribution < -0.4 is 9.47 Å². The average Bonchev–Trinajstić information content (AvgIpc) is 2.18. The molecule has 0 fully saturated rings. The van der Waals surface area contributed by atoms with Gasteiger partial charge in [0.05, 0.1) is 0 Å². The highest BCUT2D eigenvalue weighted by atomic mass is 19.1. The third-order valence-electron chi connectivity index (χ3n) is 1.73. The molecule has 0 saturated heterocycles. The molecule has 0 N–H and O–H groups in total. The quantitative estimate of drug-likeness (QED) is 0.605. The van der Waals surface area contributed by atoms with Crippen molar-refractivity contribution >= 4 is 0 Å². The summed E-state index contributed by atoms with van der Waals surface area (Å²) in [5, 5.41) is 8.53. The Bertz CT molecular complexity index is 372. The molecule has 3 nitrogen and oxygen atoms in total. The van der Waals surface area contributed by atoms with Crippen LogP contribution in [-0.2, 0) is 0 Å². The molecule has 0 aromatic heterocycles. The van der Waals surface area contributed by atoms with Crippen molar-refractivity contribution in [2.45, 2.75) is 6.10 Å². The maximum atomic E-state index is 13.1. The first-order valence-electron chi connectivity index (χ1n) is 3.79. The second kappa shape index (κ2) is 2.94. The van der Waals surface area contributed by atoms with Crippen LogP contribution in [0.2, 0.25) is 0 Å². The number of hydrogen-bond donors (Lipinski definition) is 0. The van der Waals surface area contributed by atoms with Crippen molar-refractivity contribution < 1.29 is 13.9 Å². The average molecular weight is 179 g/mol. The highest BCUT2D eigenvalue weighted by Gasteiger charge is 2.22. The molecule has 66 valence electrons. The molecule has 1 aliphatic rings. The SMILES string of the molecule is N#CC1COc2cccc(F)c2O1. The van der Waals surface area contributed by atoms with Gasteiger partial charge in [-0.2, -0.15) is 5.26 Å². The van der Waals surface area contributed by atoms with Crippen molar-refractivity contribution in [3.8, 4) is 17.6 Å². The Morgan fingerprint density at radius 1 is 1.54 bits per heavy atom. The summed E-state index contributed by atoms with van der Waals surface area (Å²) in [7, 11) is 0. The molecule has 1 heterocycles. The van der Waals surface area contributed by atoms with E-state index in [9.17, 15) is 4.39 Å². The molecule has 0 bridgehead atoms. The lowest BCUT2D eigenvalue weighted by Gasteiger charge is -2.21. The van der Waals surface area contributed by atoms with E-state index in [1.54, 1.807) is 6.07 Å². The van der Waals surface area contributed by atoms with E-state index in [0.717, 1.165) is 0 Å². The van der Waals surface area contributed by atoms with Gasteiger partial charge in [0.15, 0.2) is 17.3 Å². The fraction of sp³-hybridized carbons (Fsp3) is 0.222. The molecule has 1 aromatic rings.